The van der Waals surface area contributed by atoms with Gasteiger partial charge >= 0.3 is 17.9 Å². The summed E-state index contributed by atoms with van der Waals surface area (Å²) in [7, 11) is 0. The number of esters is 3. The highest BCUT2D eigenvalue weighted by molar-refractivity contribution is 5.71. The van der Waals surface area contributed by atoms with E-state index in [0.29, 0.717) is 19.3 Å². The quantitative estimate of drug-likeness (QED) is 0.0262. The van der Waals surface area contributed by atoms with Gasteiger partial charge in [0.25, 0.3) is 0 Å². The second-order valence-corrected chi connectivity index (χ2v) is 18.4. The molecule has 0 rings (SSSR count). The molecule has 0 aliphatic heterocycles. The molecule has 400 valence electrons. The number of hydrogen-bond acceptors (Lipinski definition) is 6. The van der Waals surface area contributed by atoms with E-state index in [1.165, 1.54) is 70.6 Å². The van der Waals surface area contributed by atoms with Crippen LogP contribution in [0.15, 0.2) is 134 Å². The molecule has 0 unspecified atom stereocenters. The third kappa shape index (κ3) is 56.3. The largest absolute Gasteiger partial charge is 0.462 e. The van der Waals surface area contributed by atoms with E-state index < -0.39 is 6.10 Å². The Morgan fingerprint density at radius 3 is 0.901 bits per heavy atom. The van der Waals surface area contributed by atoms with Crippen LogP contribution in [0.4, 0.5) is 0 Å². The van der Waals surface area contributed by atoms with Gasteiger partial charge < -0.3 is 14.2 Å². The second-order valence-electron chi connectivity index (χ2n) is 18.4. The van der Waals surface area contributed by atoms with Gasteiger partial charge in [-0.25, -0.2) is 0 Å². The van der Waals surface area contributed by atoms with Crippen molar-refractivity contribution in [1.29, 1.82) is 0 Å². The molecule has 0 aliphatic rings. The first-order valence-corrected chi connectivity index (χ1v) is 28.7. The van der Waals surface area contributed by atoms with Gasteiger partial charge in [0.15, 0.2) is 6.10 Å². The van der Waals surface area contributed by atoms with Crippen molar-refractivity contribution in [3.63, 3.8) is 0 Å². The molecule has 0 fully saturated rings. The van der Waals surface area contributed by atoms with Crippen molar-refractivity contribution in [2.45, 2.75) is 245 Å². The summed E-state index contributed by atoms with van der Waals surface area (Å²) in [5.41, 5.74) is 0. The monoisotopic (exact) mass is 981 g/mol. The third-order valence-electron chi connectivity index (χ3n) is 11.6. The molecule has 0 aliphatic carbocycles. The Hall–Kier alpha value is -4.45. The van der Waals surface area contributed by atoms with Gasteiger partial charge in [-0.15, -0.1) is 0 Å². The maximum absolute atomic E-state index is 12.8. The first-order valence-electron chi connectivity index (χ1n) is 28.7. The summed E-state index contributed by atoms with van der Waals surface area (Å²) in [6.45, 7) is 6.31. The molecule has 0 aromatic rings. The first kappa shape index (κ1) is 66.6. The zero-order chi connectivity index (χ0) is 51.4. The summed E-state index contributed by atoms with van der Waals surface area (Å²) in [5, 5.41) is 0. The fourth-order valence-electron chi connectivity index (χ4n) is 7.37. The lowest BCUT2D eigenvalue weighted by Gasteiger charge is -2.18. The first-order chi connectivity index (χ1) is 35.0. The van der Waals surface area contributed by atoms with Crippen LogP contribution in [0.2, 0.25) is 0 Å². The van der Waals surface area contributed by atoms with Crippen molar-refractivity contribution in [2.75, 3.05) is 13.2 Å². The minimum absolute atomic E-state index is 0.112. The topological polar surface area (TPSA) is 78.9 Å². The van der Waals surface area contributed by atoms with Crippen molar-refractivity contribution < 1.29 is 28.6 Å². The molecular weight excluding hydrogens is 877 g/mol. The van der Waals surface area contributed by atoms with Gasteiger partial charge in [-0.1, -0.05) is 219 Å². The van der Waals surface area contributed by atoms with Crippen LogP contribution < -0.4 is 0 Å². The summed E-state index contributed by atoms with van der Waals surface area (Å²) in [6.07, 6.45) is 81.5. The molecule has 0 aromatic carbocycles. The maximum atomic E-state index is 12.8. The summed E-state index contributed by atoms with van der Waals surface area (Å²) in [5.74, 6) is -0.996. The Morgan fingerprint density at radius 2 is 0.549 bits per heavy atom. The average molecular weight is 982 g/mol. The van der Waals surface area contributed by atoms with E-state index in [1.54, 1.807) is 0 Å². The van der Waals surface area contributed by atoms with Gasteiger partial charge in [0.2, 0.25) is 0 Å². The van der Waals surface area contributed by atoms with Gasteiger partial charge in [-0.05, 0) is 135 Å². The fourth-order valence-corrected chi connectivity index (χ4v) is 7.37. The Kier molecular flexibility index (Phi) is 54.5. The standard InChI is InChI=1S/C65H104O6/c1-4-7-10-13-16-19-22-25-28-30-32-34-37-39-42-45-48-51-54-57-63(66)69-60-62(71-65(68)59-56-53-50-47-44-41-36-27-24-21-18-15-12-9-6-3)61-70-64(67)58-55-52-49-46-43-40-38-35-33-31-29-26-23-20-17-14-11-8-5-2/h7,9-10,12,16-21,25-29,32,34,36,39,42,44,47,62H,4-6,8,11,13-15,22-24,30-31,33,35,37-38,40-41,43,45-46,48-61H2,1-3H3/b10-7-,12-9-,19-16-,20-17-,21-18-,28-25-,29-26-,34-32-,36-27-,42-39-,47-44-/t62-/m1/s1. The number of carbonyl (C=O) groups is 3. The highest BCUT2D eigenvalue weighted by Gasteiger charge is 2.19. The fraction of sp³-hybridized carbons (Fsp3) is 0.615. The number of carbonyl (C=O) groups excluding carboxylic acids is 3. The Balaban J connectivity index is 4.51. The Labute approximate surface area is 436 Å². The van der Waals surface area contributed by atoms with Crippen LogP contribution in [-0.2, 0) is 28.6 Å². The minimum atomic E-state index is -0.821. The van der Waals surface area contributed by atoms with Crippen molar-refractivity contribution in [2.24, 2.45) is 0 Å². The molecule has 0 saturated carbocycles. The number of unbranched alkanes of at least 4 members (excludes halogenated alkanes) is 17. The molecule has 6 nitrogen and oxygen atoms in total. The number of rotatable bonds is 50. The number of hydrogen-bond donors (Lipinski definition) is 0. The van der Waals surface area contributed by atoms with E-state index >= 15 is 0 Å². The third-order valence-corrected chi connectivity index (χ3v) is 11.6. The highest BCUT2D eigenvalue weighted by Crippen LogP contribution is 2.14. The molecule has 0 amide bonds. The average Bonchev–Trinajstić information content (AvgIpc) is 3.37. The molecule has 0 bridgehead atoms. The normalized spacial score (nSPS) is 13.1. The summed E-state index contributed by atoms with van der Waals surface area (Å²) < 4.78 is 16.8. The molecule has 0 heterocycles. The lowest BCUT2D eigenvalue weighted by Crippen LogP contribution is -2.30. The van der Waals surface area contributed by atoms with E-state index in [-0.39, 0.29) is 37.5 Å². The van der Waals surface area contributed by atoms with Crippen molar-refractivity contribution in [3.8, 4) is 0 Å². The molecule has 0 saturated heterocycles. The lowest BCUT2D eigenvalue weighted by molar-refractivity contribution is -0.167. The highest BCUT2D eigenvalue weighted by atomic mass is 16.6. The minimum Gasteiger partial charge on any atom is -0.462 e. The predicted molar refractivity (Wildman–Crippen MR) is 306 cm³/mol. The zero-order valence-electron chi connectivity index (χ0n) is 45.7. The number of ether oxygens (including phenoxy) is 3. The van der Waals surface area contributed by atoms with Crippen LogP contribution in [0.5, 0.6) is 0 Å². The van der Waals surface area contributed by atoms with E-state index in [9.17, 15) is 14.4 Å². The summed E-state index contributed by atoms with van der Waals surface area (Å²) in [6, 6.07) is 0. The molecule has 0 N–H and O–H groups in total. The van der Waals surface area contributed by atoms with Gasteiger partial charge in [-0.3, -0.25) is 14.4 Å². The van der Waals surface area contributed by atoms with E-state index in [2.05, 4.69) is 154 Å². The van der Waals surface area contributed by atoms with Crippen molar-refractivity contribution in [3.05, 3.63) is 134 Å². The molecule has 0 spiro atoms. The molecular formula is C65H104O6. The van der Waals surface area contributed by atoms with Crippen molar-refractivity contribution in [1.82, 2.24) is 0 Å². The maximum Gasteiger partial charge on any atom is 0.306 e. The van der Waals surface area contributed by atoms with Gasteiger partial charge in [0.05, 0.1) is 0 Å². The lowest BCUT2D eigenvalue weighted by atomic mass is 10.1. The van der Waals surface area contributed by atoms with Gasteiger partial charge in [0, 0.05) is 19.3 Å². The molecule has 1 atom stereocenters. The smallest absolute Gasteiger partial charge is 0.306 e. The van der Waals surface area contributed by atoms with E-state index in [1.807, 2.05) is 0 Å². The second kappa shape index (κ2) is 58.1. The molecule has 0 aromatic heterocycles. The van der Waals surface area contributed by atoms with Gasteiger partial charge in [0.1, 0.15) is 13.2 Å². The van der Waals surface area contributed by atoms with E-state index in [0.717, 1.165) is 122 Å². The van der Waals surface area contributed by atoms with Gasteiger partial charge in [-0.2, -0.15) is 0 Å². The number of allylic oxidation sites excluding steroid dienone is 22. The summed E-state index contributed by atoms with van der Waals surface area (Å²) >= 11 is 0. The molecule has 6 heteroatoms. The van der Waals surface area contributed by atoms with Crippen LogP contribution in [0.3, 0.4) is 0 Å². The van der Waals surface area contributed by atoms with Crippen LogP contribution >= 0.6 is 0 Å². The molecule has 0 radical (unpaired) electrons. The van der Waals surface area contributed by atoms with E-state index in [4.69, 9.17) is 14.2 Å². The zero-order valence-corrected chi connectivity index (χ0v) is 45.7. The van der Waals surface area contributed by atoms with Crippen LogP contribution in [0, 0.1) is 0 Å². The van der Waals surface area contributed by atoms with Crippen LogP contribution in [0.25, 0.3) is 0 Å². The predicted octanol–water partition coefficient (Wildman–Crippen LogP) is 19.4. The summed E-state index contributed by atoms with van der Waals surface area (Å²) in [4.78, 5) is 38.2. The Bertz CT molecular complexity index is 1550. The SMILES string of the molecule is CC/C=C\C/C=C\C/C=C\C/C=C\C/C=C\CCCCCC(=O)OC[C@H](COC(=O)CCCCCCCCCCC/C=C\C/C=C\CCCCC)OC(=O)CCCC/C=C\C/C=C\C/C=C\C/C=C\CC. The van der Waals surface area contributed by atoms with Crippen molar-refractivity contribution >= 4 is 17.9 Å². The Morgan fingerprint density at radius 1 is 0.296 bits per heavy atom. The van der Waals surface area contributed by atoms with Crippen LogP contribution in [0.1, 0.15) is 239 Å². The van der Waals surface area contributed by atoms with Crippen LogP contribution in [-0.4, -0.2) is 37.2 Å². The molecule has 71 heavy (non-hydrogen) atoms.